The standard InChI is InChI=1S/C11H12N2O/c12-8-2-1-3-9(5-8)13-6-7-4-10(7)11(13)14/h1-3,5,7,10H,4,6,12H2. The minimum atomic E-state index is 0.278. The summed E-state index contributed by atoms with van der Waals surface area (Å²) in [7, 11) is 0. The van der Waals surface area contributed by atoms with Gasteiger partial charge in [-0.2, -0.15) is 0 Å². The first kappa shape index (κ1) is 7.85. The Bertz CT molecular complexity index is 402. The van der Waals surface area contributed by atoms with E-state index in [1.807, 2.05) is 29.2 Å². The van der Waals surface area contributed by atoms with Crippen molar-refractivity contribution >= 4 is 17.3 Å². The number of amides is 1. The van der Waals surface area contributed by atoms with Gasteiger partial charge in [0.2, 0.25) is 5.91 Å². The van der Waals surface area contributed by atoms with Crippen LogP contribution in [0.2, 0.25) is 0 Å². The molecule has 3 rings (SSSR count). The van der Waals surface area contributed by atoms with E-state index in [1.165, 1.54) is 0 Å². The first-order valence-corrected chi connectivity index (χ1v) is 4.92. The van der Waals surface area contributed by atoms with Crippen molar-refractivity contribution in [2.45, 2.75) is 6.42 Å². The van der Waals surface area contributed by atoms with Gasteiger partial charge in [-0.05, 0) is 30.5 Å². The molecule has 0 spiro atoms. The Kier molecular flexibility index (Phi) is 1.40. The molecule has 3 heteroatoms. The molecule has 72 valence electrons. The van der Waals surface area contributed by atoms with E-state index in [2.05, 4.69) is 0 Å². The number of carbonyl (C=O) groups excluding carboxylic acids is 1. The second kappa shape index (κ2) is 2.50. The van der Waals surface area contributed by atoms with E-state index in [9.17, 15) is 4.79 Å². The van der Waals surface area contributed by atoms with E-state index >= 15 is 0 Å². The van der Waals surface area contributed by atoms with Crippen molar-refractivity contribution in [2.24, 2.45) is 11.8 Å². The minimum Gasteiger partial charge on any atom is -0.399 e. The van der Waals surface area contributed by atoms with Crippen molar-refractivity contribution in [3.63, 3.8) is 0 Å². The maximum atomic E-state index is 11.7. The van der Waals surface area contributed by atoms with Crippen molar-refractivity contribution in [3.8, 4) is 0 Å². The molecule has 1 amide bonds. The number of carbonyl (C=O) groups is 1. The smallest absolute Gasteiger partial charge is 0.230 e. The highest BCUT2D eigenvalue weighted by atomic mass is 16.2. The molecule has 1 aromatic rings. The van der Waals surface area contributed by atoms with Crippen LogP contribution in [-0.4, -0.2) is 12.5 Å². The molecule has 1 aliphatic heterocycles. The molecular weight excluding hydrogens is 176 g/mol. The third kappa shape index (κ3) is 1.02. The second-order valence-electron chi connectivity index (χ2n) is 4.15. The van der Waals surface area contributed by atoms with Gasteiger partial charge in [-0.3, -0.25) is 4.79 Å². The van der Waals surface area contributed by atoms with Crippen LogP contribution in [0.4, 0.5) is 11.4 Å². The molecular formula is C11H12N2O. The van der Waals surface area contributed by atoms with Crippen LogP contribution in [0, 0.1) is 11.8 Å². The van der Waals surface area contributed by atoms with Gasteiger partial charge in [0.1, 0.15) is 0 Å². The van der Waals surface area contributed by atoms with Gasteiger partial charge in [-0.1, -0.05) is 6.07 Å². The summed E-state index contributed by atoms with van der Waals surface area (Å²) in [6.07, 6.45) is 1.09. The lowest BCUT2D eigenvalue weighted by molar-refractivity contribution is -0.118. The Morgan fingerprint density at radius 3 is 2.93 bits per heavy atom. The van der Waals surface area contributed by atoms with E-state index in [4.69, 9.17) is 5.73 Å². The van der Waals surface area contributed by atoms with Gasteiger partial charge in [0.25, 0.3) is 0 Å². The largest absolute Gasteiger partial charge is 0.399 e. The number of nitrogens with two attached hydrogens (primary N) is 1. The van der Waals surface area contributed by atoms with Crippen LogP contribution in [0.15, 0.2) is 24.3 Å². The number of hydrogen-bond donors (Lipinski definition) is 1. The molecule has 1 heterocycles. The van der Waals surface area contributed by atoms with Gasteiger partial charge >= 0.3 is 0 Å². The van der Waals surface area contributed by atoms with Gasteiger partial charge in [0, 0.05) is 23.8 Å². The molecule has 1 saturated carbocycles. The fourth-order valence-electron chi connectivity index (χ4n) is 2.20. The average molecular weight is 188 g/mol. The summed E-state index contributed by atoms with van der Waals surface area (Å²) in [5.41, 5.74) is 7.34. The third-order valence-electron chi connectivity index (χ3n) is 3.10. The van der Waals surface area contributed by atoms with Crippen LogP contribution in [0.25, 0.3) is 0 Å². The van der Waals surface area contributed by atoms with Gasteiger partial charge in [0.05, 0.1) is 0 Å². The summed E-state index contributed by atoms with van der Waals surface area (Å²) in [4.78, 5) is 13.6. The summed E-state index contributed by atoms with van der Waals surface area (Å²) < 4.78 is 0. The number of fused-ring (bicyclic) bond motifs is 1. The minimum absolute atomic E-state index is 0.278. The van der Waals surface area contributed by atoms with Gasteiger partial charge in [0.15, 0.2) is 0 Å². The van der Waals surface area contributed by atoms with Crippen LogP contribution in [-0.2, 0) is 4.79 Å². The molecule has 2 atom stereocenters. The van der Waals surface area contributed by atoms with E-state index in [1.54, 1.807) is 0 Å². The predicted octanol–water partition coefficient (Wildman–Crippen LogP) is 1.25. The van der Waals surface area contributed by atoms with E-state index in [0.29, 0.717) is 11.8 Å². The summed E-state index contributed by atoms with van der Waals surface area (Å²) in [5, 5.41) is 0. The molecule has 2 fully saturated rings. The van der Waals surface area contributed by atoms with Crippen molar-refractivity contribution in [3.05, 3.63) is 24.3 Å². The highest BCUT2D eigenvalue weighted by molar-refractivity contribution is 6.00. The van der Waals surface area contributed by atoms with Crippen molar-refractivity contribution in [1.82, 2.24) is 0 Å². The lowest BCUT2D eigenvalue weighted by Gasteiger charge is -2.18. The van der Waals surface area contributed by atoms with E-state index in [0.717, 1.165) is 24.3 Å². The normalized spacial score (nSPS) is 29.1. The third-order valence-corrected chi connectivity index (χ3v) is 3.10. The number of anilines is 2. The number of hydrogen-bond acceptors (Lipinski definition) is 2. The first-order chi connectivity index (χ1) is 6.75. The molecule has 14 heavy (non-hydrogen) atoms. The molecule has 2 N–H and O–H groups in total. The second-order valence-corrected chi connectivity index (χ2v) is 4.15. The van der Waals surface area contributed by atoms with Crippen molar-refractivity contribution < 1.29 is 4.79 Å². The molecule has 1 aromatic carbocycles. The Morgan fingerprint density at radius 1 is 1.43 bits per heavy atom. The summed E-state index contributed by atoms with van der Waals surface area (Å²) in [5.74, 6) is 1.21. The Labute approximate surface area is 82.5 Å². The highest BCUT2D eigenvalue weighted by Gasteiger charge is 2.52. The predicted molar refractivity (Wildman–Crippen MR) is 54.8 cm³/mol. The zero-order valence-corrected chi connectivity index (χ0v) is 7.81. The molecule has 0 radical (unpaired) electrons. The Morgan fingerprint density at radius 2 is 2.29 bits per heavy atom. The maximum Gasteiger partial charge on any atom is 0.230 e. The lowest BCUT2D eigenvalue weighted by atomic mass is 10.2. The average Bonchev–Trinajstić information content (AvgIpc) is 2.86. The summed E-state index contributed by atoms with van der Waals surface area (Å²) in [6, 6.07) is 7.54. The molecule has 0 aromatic heterocycles. The van der Waals surface area contributed by atoms with Crippen LogP contribution in [0.1, 0.15) is 6.42 Å². The number of nitrogens with zero attached hydrogens (tertiary/aromatic N) is 1. The van der Waals surface area contributed by atoms with Crippen LogP contribution < -0.4 is 10.6 Å². The van der Waals surface area contributed by atoms with Gasteiger partial charge in [-0.15, -0.1) is 0 Å². The molecule has 0 bridgehead atoms. The number of benzene rings is 1. The zero-order chi connectivity index (χ0) is 9.71. The monoisotopic (exact) mass is 188 g/mol. The number of rotatable bonds is 1. The van der Waals surface area contributed by atoms with E-state index < -0.39 is 0 Å². The zero-order valence-electron chi connectivity index (χ0n) is 7.81. The van der Waals surface area contributed by atoms with Crippen LogP contribution in [0.3, 0.4) is 0 Å². The van der Waals surface area contributed by atoms with Crippen LogP contribution >= 0.6 is 0 Å². The molecule has 2 unspecified atom stereocenters. The van der Waals surface area contributed by atoms with E-state index in [-0.39, 0.29) is 5.91 Å². The first-order valence-electron chi connectivity index (χ1n) is 4.92. The SMILES string of the molecule is Nc1cccc(N2CC3CC3C2=O)c1. The quantitative estimate of drug-likeness (QED) is 0.674. The Balaban J connectivity index is 1.92. The van der Waals surface area contributed by atoms with Gasteiger partial charge < -0.3 is 10.6 Å². The van der Waals surface area contributed by atoms with Gasteiger partial charge in [-0.25, -0.2) is 0 Å². The van der Waals surface area contributed by atoms with Crippen molar-refractivity contribution in [2.75, 3.05) is 17.2 Å². The topological polar surface area (TPSA) is 46.3 Å². The summed E-state index contributed by atoms with van der Waals surface area (Å²) in [6.45, 7) is 0.882. The highest BCUT2D eigenvalue weighted by Crippen LogP contribution is 2.47. The van der Waals surface area contributed by atoms with Crippen LogP contribution in [0.5, 0.6) is 0 Å². The van der Waals surface area contributed by atoms with Crippen molar-refractivity contribution in [1.29, 1.82) is 0 Å². The molecule has 2 aliphatic rings. The Hall–Kier alpha value is -1.51. The summed E-state index contributed by atoms with van der Waals surface area (Å²) >= 11 is 0. The maximum absolute atomic E-state index is 11.7. The lowest BCUT2D eigenvalue weighted by Crippen LogP contribution is -2.27. The molecule has 1 saturated heterocycles. The molecule has 3 nitrogen and oxygen atoms in total. The fourth-order valence-corrected chi connectivity index (χ4v) is 2.20. The molecule has 1 aliphatic carbocycles. The number of piperidine rings is 1. The number of nitrogen functional groups attached to an aromatic ring is 1. The fraction of sp³-hybridized carbons (Fsp3) is 0.364.